The zero-order valence-corrected chi connectivity index (χ0v) is 23.5. The maximum atomic E-state index is 14.6. The van der Waals surface area contributed by atoms with Crippen LogP contribution < -0.4 is 10.6 Å². The van der Waals surface area contributed by atoms with Crippen LogP contribution in [0, 0.1) is 0 Å². The van der Waals surface area contributed by atoms with E-state index in [4.69, 9.17) is 0 Å². The highest BCUT2D eigenvalue weighted by Crippen LogP contribution is 2.54. The van der Waals surface area contributed by atoms with E-state index in [1.54, 1.807) is 6.20 Å². The molecule has 0 radical (unpaired) electrons. The van der Waals surface area contributed by atoms with Gasteiger partial charge in [0.25, 0.3) is 0 Å². The van der Waals surface area contributed by atoms with E-state index >= 15 is 0 Å². The van der Waals surface area contributed by atoms with Crippen molar-refractivity contribution in [2.24, 2.45) is 0 Å². The normalized spacial score (nSPS) is 15.6. The Morgan fingerprint density at radius 1 is 0.488 bits per heavy atom. The van der Waals surface area contributed by atoms with Crippen LogP contribution >= 0.6 is 7.14 Å². The Morgan fingerprint density at radius 2 is 1.05 bits per heavy atom. The standard InChI is InChI=1S/C38H26NOP/c1-41(40)35-18-7-6-11-28(35)33-16-8-17-34(38(33)41)37-31-14-4-2-12-29(31)36(30-13-3-5-15-32(30)37)26-21-19-25(20-22-26)27-10-9-23-39-24-27/h2-24H,1H3. The molecular weight excluding hydrogens is 517 g/mol. The Hall–Kier alpha value is -4.78. The first kappa shape index (κ1) is 24.1. The molecule has 1 unspecified atom stereocenters. The fourth-order valence-corrected chi connectivity index (χ4v) is 9.28. The third kappa shape index (κ3) is 3.58. The van der Waals surface area contributed by atoms with E-state index in [9.17, 15) is 4.57 Å². The first-order valence-corrected chi connectivity index (χ1v) is 16.0. The third-order valence-corrected chi connectivity index (χ3v) is 11.1. The lowest BCUT2D eigenvalue weighted by Crippen LogP contribution is -2.11. The van der Waals surface area contributed by atoms with Crippen molar-refractivity contribution in [2.45, 2.75) is 0 Å². The van der Waals surface area contributed by atoms with Gasteiger partial charge in [-0.15, -0.1) is 0 Å². The molecule has 0 bridgehead atoms. The number of nitrogens with zero attached hydrogens (tertiary/aromatic N) is 1. The van der Waals surface area contributed by atoms with Crippen LogP contribution in [-0.2, 0) is 4.57 Å². The monoisotopic (exact) mass is 543 g/mol. The molecule has 0 fully saturated rings. The van der Waals surface area contributed by atoms with Crippen molar-refractivity contribution < 1.29 is 4.57 Å². The van der Waals surface area contributed by atoms with Crippen molar-refractivity contribution in [3.63, 3.8) is 0 Å². The average Bonchev–Trinajstić information content (AvgIpc) is 3.27. The maximum Gasteiger partial charge on any atom is 0.142 e. The van der Waals surface area contributed by atoms with Gasteiger partial charge in [0.15, 0.2) is 0 Å². The summed E-state index contributed by atoms with van der Waals surface area (Å²) >= 11 is 0. The molecule has 3 heteroatoms. The number of hydrogen-bond acceptors (Lipinski definition) is 2. The van der Waals surface area contributed by atoms with Crippen molar-refractivity contribution in [3.05, 3.63) is 140 Å². The summed E-state index contributed by atoms with van der Waals surface area (Å²) in [6.45, 7) is 1.93. The van der Waals surface area contributed by atoms with Crippen molar-refractivity contribution in [3.8, 4) is 44.5 Å². The molecule has 0 aliphatic carbocycles. The lowest BCUT2D eigenvalue weighted by atomic mass is 9.85. The minimum atomic E-state index is -2.79. The molecule has 1 atom stereocenters. The van der Waals surface area contributed by atoms with Gasteiger partial charge < -0.3 is 4.57 Å². The molecule has 0 saturated heterocycles. The Kier molecular flexibility index (Phi) is 5.35. The summed E-state index contributed by atoms with van der Waals surface area (Å²) in [6.07, 6.45) is 3.70. The number of pyridine rings is 1. The van der Waals surface area contributed by atoms with Crippen LogP contribution in [0.3, 0.4) is 0 Å². The van der Waals surface area contributed by atoms with Crippen LogP contribution in [0.1, 0.15) is 0 Å². The minimum Gasteiger partial charge on any atom is -0.314 e. The van der Waals surface area contributed by atoms with Gasteiger partial charge in [0.1, 0.15) is 7.14 Å². The predicted molar refractivity (Wildman–Crippen MR) is 174 cm³/mol. The van der Waals surface area contributed by atoms with E-state index < -0.39 is 7.14 Å². The van der Waals surface area contributed by atoms with Crippen LogP contribution in [-0.4, -0.2) is 11.6 Å². The van der Waals surface area contributed by atoms with Gasteiger partial charge in [0.05, 0.1) is 0 Å². The fourth-order valence-electron chi connectivity index (χ4n) is 6.71. The Labute approximate surface area is 239 Å². The van der Waals surface area contributed by atoms with Gasteiger partial charge in [-0.1, -0.05) is 121 Å². The Bertz CT molecular complexity index is 2130. The zero-order valence-electron chi connectivity index (χ0n) is 22.6. The van der Waals surface area contributed by atoms with E-state index in [1.165, 1.54) is 32.7 Å². The molecular formula is C38H26NOP. The third-order valence-electron chi connectivity index (χ3n) is 8.49. The van der Waals surface area contributed by atoms with Crippen molar-refractivity contribution >= 4 is 39.3 Å². The second-order valence-electron chi connectivity index (χ2n) is 10.8. The molecule has 1 aliphatic rings. The van der Waals surface area contributed by atoms with Crippen LogP contribution in [0.15, 0.2) is 140 Å². The lowest BCUT2D eigenvalue weighted by Gasteiger charge is -2.21. The van der Waals surface area contributed by atoms with Gasteiger partial charge in [0.2, 0.25) is 0 Å². The lowest BCUT2D eigenvalue weighted by molar-refractivity contribution is 0.591. The van der Waals surface area contributed by atoms with Gasteiger partial charge in [-0.3, -0.25) is 4.98 Å². The summed E-state index contributed by atoms with van der Waals surface area (Å²) in [7, 11) is -2.79. The van der Waals surface area contributed by atoms with Gasteiger partial charge in [0, 0.05) is 23.0 Å². The van der Waals surface area contributed by atoms with E-state index in [-0.39, 0.29) is 0 Å². The maximum absolute atomic E-state index is 14.6. The van der Waals surface area contributed by atoms with E-state index in [2.05, 4.69) is 108 Å². The summed E-state index contributed by atoms with van der Waals surface area (Å²) in [5.74, 6) is 0. The van der Waals surface area contributed by atoms with Gasteiger partial charge >= 0.3 is 0 Å². The van der Waals surface area contributed by atoms with Crippen LogP contribution in [0.4, 0.5) is 0 Å². The Morgan fingerprint density at radius 3 is 1.71 bits per heavy atom. The van der Waals surface area contributed by atoms with Crippen LogP contribution in [0.5, 0.6) is 0 Å². The minimum absolute atomic E-state index is 0.960. The van der Waals surface area contributed by atoms with Gasteiger partial charge in [-0.2, -0.15) is 0 Å². The SMILES string of the molecule is CP1(=O)c2ccccc2-c2cccc(-c3c4ccccc4c(-c4ccc(-c5cccnc5)cc4)c4ccccc34)c21. The van der Waals surface area contributed by atoms with Gasteiger partial charge in [-0.25, -0.2) is 0 Å². The van der Waals surface area contributed by atoms with Crippen molar-refractivity contribution in [2.75, 3.05) is 6.66 Å². The summed E-state index contributed by atoms with van der Waals surface area (Å²) in [6, 6.07) is 44.8. The highest BCUT2D eigenvalue weighted by molar-refractivity contribution is 7.79. The fraction of sp³-hybridized carbons (Fsp3) is 0.0263. The number of benzene rings is 6. The molecule has 0 amide bonds. The van der Waals surface area contributed by atoms with E-state index in [0.717, 1.165) is 44.0 Å². The highest BCUT2D eigenvalue weighted by Gasteiger charge is 2.37. The molecule has 6 aromatic carbocycles. The largest absolute Gasteiger partial charge is 0.314 e. The summed E-state index contributed by atoms with van der Waals surface area (Å²) in [4.78, 5) is 4.29. The number of fused-ring (bicyclic) bond motifs is 5. The molecule has 0 spiro atoms. The zero-order chi connectivity index (χ0) is 27.6. The molecule has 2 heterocycles. The smallest absolute Gasteiger partial charge is 0.142 e. The summed E-state index contributed by atoms with van der Waals surface area (Å²) in [5, 5.41) is 6.65. The number of hydrogen-bond donors (Lipinski definition) is 0. The predicted octanol–water partition coefficient (Wildman–Crippen LogP) is 9.31. The van der Waals surface area contributed by atoms with E-state index in [0.29, 0.717) is 0 Å². The van der Waals surface area contributed by atoms with Crippen molar-refractivity contribution in [1.82, 2.24) is 4.98 Å². The van der Waals surface area contributed by atoms with Crippen LogP contribution in [0.2, 0.25) is 0 Å². The average molecular weight is 544 g/mol. The molecule has 1 aliphatic heterocycles. The summed E-state index contributed by atoms with van der Waals surface area (Å²) < 4.78 is 14.6. The van der Waals surface area contributed by atoms with Crippen LogP contribution in [0.25, 0.3) is 66.1 Å². The number of aromatic nitrogens is 1. The summed E-state index contributed by atoms with van der Waals surface area (Å²) in [5.41, 5.74) is 9.03. The van der Waals surface area contributed by atoms with E-state index in [1.807, 2.05) is 37.1 Å². The molecule has 194 valence electrons. The molecule has 8 rings (SSSR count). The molecule has 7 aromatic rings. The van der Waals surface area contributed by atoms with Gasteiger partial charge in [-0.05, 0) is 78.8 Å². The molecule has 0 N–H and O–H groups in total. The molecule has 1 aromatic heterocycles. The molecule has 41 heavy (non-hydrogen) atoms. The van der Waals surface area contributed by atoms with Crippen molar-refractivity contribution in [1.29, 1.82) is 0 Å². The molecule has 0 saturated carbocycles. The highest BCUT2D eigenvalue weighted by atomic mass is 31.2. The second kappa shape index (κ2) is 9.13. The first-order chi connectivity index (χ1) is 20.1. The quantitative estimate of drug-likeness (QED) is 0.164. The molecule has 2 nitrogen and oxygen atoms in total. The second-order valence-corrected chi connectivity index (χ2v) is 13.6. The Balaban J connectivity index is 1.43. The topological polar surface area (TPSA) is 30.0 Å². The number of rotatable bonds is 3. The first-order valence-electron chi connectivity index (χ1n) is 13.9.